The van der Waals surface area contributed by atoms with Crippen molar-refractivity contribution in [2.24, 2.45) is 0 Å². The zero-order valence-electron chi connectivity index (χ0n) is 14.3. The van der Waals surface area contributed by atoms with E-state index >= 15 is 0 Å². The molecule has 0 aromatic heterocycles. The number of rotatable bonds is 4. The van der Waals surface area contributed by atoms with Gasteiger partial charge in [0.2, 0.25) is 0 Å². The van der Waals surface area contributed by atoms with Crippen molar-refractivity contribution in [3.05, 3.63) is 82.9 Å². The Hall–Kier alpha value is -2.48. The third-order valence-electron chi connectivity index (χ3n) is 4.52. The van der Waals surface area contributed by atoms with Crippen molar-refractivity contribution in [3.8, 4) is 0 Å². The van der Waals surface area contributed by atoms with Crippen LogP contribution in [0.5, 0.6) is 0 Å². The average molecular weight is 311 g/mol. The molecule has 117 valence electrons. The fraction of sp³-hybridized carbons (Fsp3) is 0.182. The molecule has 1 aliphatic carbocycles. The van der Waals surface area contributed by atoms with Gasteiger partial charge in [-0.15, -0.1) is 0 Å². The number of allylic oxidation sites excluding steroid dienone is 2. The first-order valence-electron chi connectivity index (χ1n) is 8.09. The topological polar surface area (TPSA) is 17.1 Å². The molecule has 1 nitrogen and oxygen atoms in total. The number of carbonyl (C=O) groups excluding carboxylic acids is 1. The van der Waals surface area contributed by atoms with Crippen LogP contribution < -0.4 is 0 Å². The summed E-state index contributed by atoms with van der Waals surface area (Å²) in [6.07, 6.45) is 1.25. The van der Waals surface area contributed by atoms with Crippen LogP contribution in [-0.4, -0.2) is 18.7 Å². The fourth-order valence-electron chi connectivity index (χ4n) is 3.26. The van der Waals surface area contributed by atoms with E-state index in [4.69, 9.17) is 7.49 Å². The van der Waals surface area contributed by atoms with Crippen LogP contribution in [0.1, 0.15) is 58.4 Å². The van der Waals surface area contributed by atoms with E-state index in [0.29, 0.717) is 6.42 Å². The normalized spacial score (nSPS) is 13.0. The first-order valence-corrected chi connectivity index (χ1v) is 8.09. The molecule has 0 heterocycles. The number of fused-ring (bicyclic) bond motifs is 1. The predicted molar refractivity (Wildman–Crippen MR) is 104 cm³/mol. The maximum atomic E-state index is 11.9. The number of benzene rings is 2. The van der Waals surface area contributed by atoms with Gasteiger partial charge >= 0.3 is 144 Å². The maximum absolute atomic E-state index is 11.9. The molecule has 2 heteroatoms. The van der Waals surface area contributed by atoms with Gasteiger partial charge in [-0.3, -0.25) is 0 Å². The summed E-state index contributed by atoms with van der Waals surface area (Å²) in [7, 11) is 5.98. The third kappa shape index (κ3) is 2.97. The van der Waals surface area contributed by atoms with Gasteiger partial charge in [-0.25, -0.2) is 0 Å². The Bertz CT molecular complexity index is 902. The Balaban J connectivity index is 1.95. The zero-order chi connectivity index (χ0) is 17.4. The van der Waals surface area contributed by atoms with E-state index in [-0.39, 0.29) is 5.78 Å². The molecule has 0 unspecified atom stereocenters. The quantitative estimate of drug-likeness (QED) is 0.753. The predicted octanol–water partition coefficient (Wildman–Crippen LogP) is 4.62. The van der Waals surface area contributed by atoms with Crippen LogP contribution in [0.2, 0.25) is 0 Å². The van der Waals surface area contributed by atoms with E-state index < -0.39 is 0 Å². The number of hydrogen-bond donors (Lipinski definition) is 0. The summed E-state index contributed by atoms with van der Waals surface area (Å²) in [6, 6.07) is 12.4. The molecule has 2 aromatic carbocycles. The number of carbonyl (C=O) groups is 1. The van der Waals surface area contributed by atoms with E-state index in [9.17, 15) is 4.79 Å². The number of hydrogen-bond acceptors (Lipinski definition) is 1. The molecule has 24 heavy (non-hydrogen) atoms. The summed E-state index contributed by atoms with van der Waals surface area (Å²) >= 11 is 0. The van der Waals surface area contributed by atoms with Gasteiger partial charge in [0.15, 0.2) is 0 Å². The zero-order valence-corrected chi connectivity index (χ0v) is 14.3. The minimum atomic E-state index is 0.171. The molecule has 0 amide bonds. The standard InChI is InChI=1S/C22H20BO/c1-13(2)20-11-16(5-7-18(20)15(4)23)10-17-6-8-19-21(12-17)14(3)9-22(19)24/h5-8,11-12H,1,3,9-10H2,2,4H3. The second kappa shape index (κ2) is 6.20. The molecule has 0 atom stereocenters. The SMILES string of the molecule is [B]=C(C)c1ccc(Cc2ccc3c(c2)C(=C)CC3=O)cc1C(=C)C. The van der Waals surface area contributed by atoms with Crippen molar-refractivity contribution in [2.75, 3.05) is 0 Å². The minimum absolute atomic E-state index is 0.171. The van der Waals surface area contributed by atoms with E-state index in [2.05, 4.69) is 37.4 Å². The van der Waals surface area contributed by atoms with Gasteiger partial charge < -0.3 is 0 Å². The Morgan fingerprint density at radius 1 is 1.04 bits per heavy atom. The van der Waals surface area contributed by atoms with Crippen molar-refractivity contribution < 1.29 is 4.79 Å². The van der Waals surface area contributed by atoms with Crippen molar-refractivity contribution in [3.63, 3.8) is 0 Å². The van der Waals surface area contributed by atoms with E-state index in [1.54, 1.807) is 0 Å². The molecule has 0 fully saturated rings. The average Bonchev–Trinajstić information content (AvgIpc) is 2.81. The van der Waals surface area contributed by atoms with Crippen LogP contribution in [0.15, 0.2) is 49.6 Å². The van der Waals surface area contributed by atoms with Crippen molar-refractivity contribution >= 4 is 29.9 Å². The molecular weight excluding hydrogens is 291 g/mol. The van der Waals surface area contributed by atoms with Crippen LogP contribution in [0.3, 0.4) is 0 Å². The first kappa shape index (κ1) is 16.4. The molecule has 2 aromatic rings. The summed E-state index contributed by atoms with van der Waals surface area (Å²) in [6.45, 7) is 12.0. The Labute approximate surface area is 144 Å². The van der Waals surface area contributed by atoms with Gasteiger partial charge in [0.05, 0.1) is 0 Å². The fourth-order valence-corrected chi connectivity index (χ4v) is 3.26. The second-order valence-electron chi connectivity index (χ2n) is 6.60. The third-order valence-corrected chi connectivity index (χ3v) is 4.52. The number of Topliss-reactive ketones (excluding diaryl/α,β-unsaturated/α-hetero) is 1. The van der Waals surface area contributed by atoms with Gasteiger partial charge in [0.25, 0.3) is 0 Å². The summed E-state index contributed by atoms with van der Waals surface area (Å²) in [5.41, 5.74) is 9.04. The van der Waals surface area contributed by atoms with Gasteiger partial charge in [-0.1, -0.05) is 0 Å². The van der Waals surface area contributed by atoms with Crippen LogP contribution in [0, 0.1) is 0 Å². The number of ketones is 1. The van der Waals surface area contributed by atoms with Gasteiger partial charge in [0, 0.05) is 0 Å². The van der Waals surface area contributed by atoms with Crippen LogP contribution in [0.25, 0.3) is 11.1 Å². The molecular formula is C22H20BO. The molecule has 0 aliphatic heterocycles. The van der Waals surface area contributed by atoms with Crippen LogP contribution >= 0.6 is 0 Å². The molecule has 0 N–H and O–H groups in total. The molecule has 0 bridgehead atoms. The van der Waals surface area contributed by atoms with E-state index in [0.717, 1.165) is 45.3 Å². The summed E-state index contributed by atoms with van der Waals surface area (Å²) in [5, 5.41) is 0. The Morgan fingerprint density at radius 2 is 1.71 bits per heavy atom. The molecule has 0 spiro atoms. The van der Waals surface area contributed by atoms with Crippen molar-refractivity contribution in [1.29, 1.82) is 0 Å². The Kier molecular flexibility index (Phi) is 4.23. The summed E-state index contributed by atoms with van der Waals surface area (Å²) in [5.74, 6) is 0.171. The Morgan fingerprint density at radius 3 is 2.38 bits per heavy atom. The second-order valence-corrected chi connectivity index (χ2v) is 6.60. The molecule has 3 rings (SSSR count). The molecule has 1 aliphatic rings. The first-order chi connectivity index (χ1) is 11.4. The molecule has 0 saturated carbocycles. The molecule has 1 radical (unpaired) electrons. The van der Waals surface area contributed by atoms with Gasteiger partial charge in [-0.05, 0) is 0 Å². The summed E-state index contributed by atoms with van der Waals surface area (Å²) < 4.78 is 0. The van der Waals surface area contributed by atoms with Crippen molar-refractivity contribution in [1.82, 2.24) is 0 Å². The van der Waals surface area contributed by atoms with Gasteiger partial charge in [0.1, 0.15) is 0 Å². The monoisotopic (exact) mass is 311 g/mol. The van der Waals surface area contributed by atoms with Crippen LogP contribution in [-0.2, 0) is 6.42 Å². The van der Waals surface area contributed by atoms with E-state index in [1.165, 1.54) is 11.1 Å². The summed E-state index contributed by atoms with van der Waals surface area (Å²) in [4.78, 5) is 11.9. The van der Waals surface area contributed by atoms with Crippen molar-refractivity contribution in [2.45, 2.75) is 26.7 Å². The van der Waals surface area contributed by atoms with E-state index in [1.807, 2.05) is 26.0 Å². The molecule has 0 saturated heterocycles. The van der Waals surface area contributed by atoms with Gasteiger partial charge in [-0.2, -0.15) is 0 Å². The van der Waals surface area contributed by atoms with Crippen LogP contribution in [0.4, 0.5) is 0 Å².